The lowest BCUT2D eigenvalue weighted by molar-refractivity contribution is 0.159. The molecule has 1 aromatic heterocycles. The monoisotopic (exact) mass is 312 g/mol. The lowest BCUT2D eigenvalue weighted by Gasteiger charge is -2.36. The molecule has 1 fully saturated rings. The number of hydrogen-bond acceptors (Lipinski definition) is 5. The fourth-order valence-corrected chi connectivity index (χ4v) is 3.83. The largest absolute Gasteiger partial charge is 0.370 e. The summed E-state index contributed by atoms with van der Waals surface area (Å²) in [5.74, 6) is 0.611. The number of rotatable bonds is 5. The van der Waals surface area contributed by atoms with Crippen molar-refractivity contribution >= 4 is 15.8 Å². The summed E-state index contributed by atoms with van der Waals surface area (Å²) in [4.78, 5) is 6.65. The molecule has 1 unspecified atom stereocenters. The van der Waals surface area contributed by atoms with Gasteiger partial charge in [0.05, 0.1) is 4.90 Å². The van der Waals surface area contributed by atoms with E-state index in [1.807, 2.05) is 14.0 Å². The Hall–Kier alpha value is -1.18. The van der Waals surface area contributed by atoms with Crippen LogP contribution >= 0.6 is 0 Å². The molecule has 0 saturated carbocycles. The second-order valence-electron chi connectivity index (χ2n) is 5.50. The summed E-state index contributed by atoms with van der Waals surface area (Å²) in [5, 5.41) is 3.12. The van der Waals surface area contributed by atoms with Crippen LogP contribution in [0.25, 0.3) is 0 Å². The normalized spacial score (nSPS) is 21.4. The van der Waals surface area contributed by atoms with E-state index < -0.39 is 10.0 Å². The van der Waals surface area contributed by atoms with Gasteiger partial charge in [0.15, 0.2) is 0 Å². The molecule has 7 heteroatoms. The number of pyridine rings is 1. The second-order valence-corrected chi connectivity index (χ2v) is 7.43. The summed E-state index contributed by atoms with van der Waals surface area (Å²) < 4.78 is 27.0. The van der Waals surface area contributed by atoms with Crippen molar-refractivity contribution in [2.24, 2.45) is 0 Å². The van der Waals surface area contributed by atoms with E-state index in [0.29, 0.717) is 23.8 Å². The molecule has 1 aromatic rings. The summed E-state index contributed by atoms with van der Waals surface area (Å²) in [6.45, 7) is 6.69. The van der Waals surface area contributed by atoms with Crippen molar-refractivity contribution in [3.8, 4) is 0 Å². The van der Waals surface area contributed by atoms with Gasteiger partial charge in [-0.25, -0.2) is 13.4 Å². The second kappa shape index (κ2) is 6.72. The van der Waals surface area contributed by atoms with Gasteiger partial charge < -0.3 is 10.2 Å². The fraction of sp³-hybridized carbons (Fsp3) is 0.643. The highest BCUT2D eigenvalue weighted by molar-refractivity contribution is 7.89. The van der Waals surface area contributed by atoms with Gasteiger partial charge in [-0.3, -0.25) is 0 Å². The smallest absolute Gasteiger partial charge is 0.243 e. The molecule has 0 bridgehead atoms. The third kappa shape index (κ3) is 3.72. The predicted octanol–water partition coefficient (Wildman–Crippen LogP) is 1.23. The van der Waals surface area contributed by atoms with E-state index in [2.05, 4.69) is 22.1 Å². The average Bonchev–Trinajstić information content (AvgIpc) is 2.48. The van der Waals surface area contributed by atoms with E-state index in [-0.39, 0.29) is 6.04 Å². The molecule has 0 spiro atoms. The fourth-order valence-electron chi connectivity index (χ4n) is 2.30. The van der Waals surface area contributed by atoms with Crippen molar-refractivity contribution in [3.63, 3.8) is 0 Å². The minimum atomic E-state index is -3.44. The zero-order chi connectivity index (χ0) is 15.5. The Bertz CT molecular complexity index is 576. The van der Waals surface area contributed by atoms with E-state index in [1.54, 1.807) is 22.6 Å². The molecule has 1 aliphatic rings. The number of nitrogens with zero attached hydrogens (tertiary/aromatic N) is 3. The van der Waals surface area contributed by atoms with Crippen LogP contribution in [0.5, 0.6) is 0 Å². The van der Waals surface area contributed by atoms with Gasteiger partial charge in [0, 0.05) is 44.5 Å². The molecule has 118 valence electrons. The van der Waals surface area contributed by atoms with Crippen molar-refractivity contribution in [2.75, 3.05) is 38.5 Å². The Kier molecular flexibility index (Phi) is 5.18. The summed E-state index contributed by atoms with van der Waals surface area (Å²) in [6, 6.07) is 3.41. The lowest BCUT2D eigenvalue weighted by Crippen LogP contribution is -2.51. The Morgan fingerprint density at radius 2 is 2.19 bits per heavy atom. The van der Waals surface area contributed by atoms with E-state index in [9.17, 15) is 8.42 Å². The third-order valence-electron chi connectivity index (χ3n) is 3.85. The molecule has 21 heavy (non-hydrogen) atoms. The molecule has 0 amide bonds. The van der Waals surface area contributed by atoms with Crippen LogP contribution in [0.3, 0.4) is 0 Å². The standard InChI is InChI=1S/C14H24N4O2S/c1-4-6-15-14-10-13(5-7-16-14)21(19,20)18-9-8-17(3)12(2)11-18/h5,7,10,12H,4,6,8-9,11H2,1-3H3,(H,15,16). The van der Waals surface area contributed by atoms with Crippen molar-refractivity contribution in [3.05, 3.63) is 18.3 Å². The molecule has 1 aliphatic heterocycles. The maximum absolute atomic E-state index is 12.7. The average molecular weight is 312 g/mol. The van der Waals surface area contributed by atoms with Crippen molar-refractivity contribution in [1.82, 2.24) is 14.2 Å². The van der Waals surface area contributed by atoms with Crippen LogP contribution in [0.1, 0.15) is 20.3 Å². The number of piperazine rings is 1. The number of aromatic nitrogens is 1. The molecule has 0 aromatic carbocycles. The highest BCUT2D eigenvalue weighted by atomic mass is 32.2. The molecule has 2 rings (SSSR count). The van der Waals surface area contributed by atoms with Crippen LogP contribution in [-0.2, 0) is 10.0 Å². The van der Waals surface area contributed by atoms with Gasteiger partial charge in [0.1, 0.15) is 5.82 Å². The van der Waals surface area contributed by atoms with Crippen LogP contribution < -0.4 is 5.32 Å². The molecule has 6 nitrogen and oxygen atoms in total. The molecule has 1 saturated heterocycles. The van der Waals surface area contributed by atoms with Gasteiger partial charge >= 0.3 is 0 Å². The number of likely N-dealkylation sites (N-methyl/N-ethyl adjacent to an activating group) is 1. The first kappa shape index (κ1) is 16.2. The molecule has 1 N–H and O–H groups in total. The van der Waals surface area contributed by atoms with Crippen LogP contribution in [0.2, 0.25) is 0 Å². The van der Waals surface area contributed by atoms with Crippen molar-refractivity contribution in [1.29, 1.82) is 0 Å². The van der Waals surface area contributed by atoms with Crippen LogP contribution in [0, 0.1) is 0 Å². The maximum atomic E-state index is 12.7. The first-order valence-corrected chi connectivity index (χ1v) is 8.79. The Morgan fingerprint density at radius 1 is 1.43 bits per heavy atom. The van der Waals surface area contributed by atoms with E-state index in [0.717, 1.165) is 19.5 Å². The van der Waals surface area contributed by atoms with Crippen molar-refractivity contribution < 1.29 is 8.42 Å². The van der Waals surface area contributed by atoms with Gasteiger partial charge in [-0.05, 0) is 26.5 Å². The molecule has 2 heterocycles. The SMILES string of the molecule is CCCNc1cc(S(=O)(=O)N2CCN(C)C(C)C2)ccn1. The van der Waals surface area contributed by atoms with E-state index in [4.69, 9.17) is 0 Å². The predicted molar refractivity (Wildman–Crippen MR) is 83.9 cm³/mol. The number of anilines is 1. The van der Waals surface area contributed by atoms with Crippen LogP contribution in [0.15, 0.2) is 23.2 Å². The topological polar surface area (TPSA) is 65.5 Å². The van der Waals surface area contributed by atoms with E-state index >= 15 is 0 Å². The minimum absolute atomic E-state index is 0.230. The number of hydrogen-bond donors (Lipinski definition) is 1. The first-order chi connectivity index (χ1) is 9.95. The van der Waals surface area contributed by atoms with E-state index in [1.165, 1.54) is 0 Å². The molecule has 0 aliphatic carbocycles. The number of sulfonamides is 1. The van der Waals surface area contributed by atoms with Gasteiger partial charge in [0.2, 0.25) is 10.0 Å². The van der Waals surface area contributed by atoms with Crippen molar-refractivity contribution in [2.45, 2.75) is 31.2 Å². The highest BCUT2D eigenvalue weighted by Gasteiger charge is 2.30. The molecule has 0 radical (unpaired) electrons. The zero-order valence-corrected chi connectivity index (χ0v) is 13.7. The summed E-state index contributed by atoms with van der Waals surface area (Å²) in [7, 11) is -1.42. The van der Waals surface area contributed by atoms with Crippen LogP contribution in [0.4, 0.5) is 5.82 Å². The molecular formula is C14H24N4O2S. The molecule has 1 atom stereocenters. The third-order valence-corrected chi connectivity index (χ3v) is 5.71. The number of nitrogens with one attached hydrogen (secondary N) is 1. The summed E-state index contributed by atoms with van der Waals surface area (Å²) in [5.41, 5.74) is 0. The van der Waals surface area contributed by atoms with Gasteiger partial charge in [-0.15, -0.1) is 0 Å². The summed E-state index contributed by atoms with van der Waals surface area (Å²) >= 11 is 0. The summed E-state index contributed by atoms with van der Waals surface area (Å²) in [6.07, 6.45) is 2.51. The quantitative estimate of drug-likeness (QED) is 0.886. The maximum Gasteiger partial charge on any atom is 0.243 e. The first-order valence-electron chi connectivity index (χ1n) is 7.35. The van der Waals surface area contributed by atoms with Gasteiger partial charge in [-0.1, -0.05) is 6.92 Å². The Balaban J connectivity index is 2.19. The minimum Gasteiger partial charge on any atom is -0.370 e. The Labute approximate surface area is 127 Å². The van der Waals surface area contributed by atoms with Gasteiger partial charge in [-0.2, -0.15) is 4.31 Å². The van der Waals surface area contributed by atoms with Crippen LogP contribution in [-0.4, -0.2) is 61.9 Å². The zero-order valence-electron chi connectivity index (χ0n) is 12.9. The van der Waals surface area contributed by atoms with Gasteiger partial charge in [0.25, 0.3) is 0 Å². The highest BCUT2D eigenvalue weighted by Crippen LogP contribution is 2.20. The Morgan fingerprint density at radius 3 is 2.86 bits per heavy atom. The molecular weight excluding hydrogens is 288 g/mol. The lowest BCUT2D eigenvalue weighted by atomic mass is 10.2.